The highest BCUT2D eigenvalue weighted by molar-refractivity contribution is 8.14. The van der Waals surface area contributed by atoms with Crippen LogP contribution in [-0.2, 0) is 27.3 Å². The first-order valence-corrected chi connectivity index (χ1v) is 10.0. The van der Waals surface area contributed by atoms with Crippen LogP contribution in [0.1, 0.15) is 28.4 Å². The van der Waals surface area contributed by atoms with E-state index in [0.29, 0.717) is 11.3 Å². The second-order valence-corrected chi connectivity index (χ2v) is 8.07. The van der Waals surface area contributed by atoms with Crippen molar-refractivity contribution in [2.24, 2.45) is 0 Å². The summed E-state index contributed by atoms with van der Waals surface area (Å²) in [7, 11) is 0. The summed E-state index contributed by atoms with van der Waals surface area (Å²) in [4.78, 5) is 49.7. The first-order valence-electron chi connectivity index (χ1n) is 9.04. The third-order valence-corrected chi connectivity index (χ3v) is 5.82. The lowest BCUT2D eigenvalue weighted by molar-refractivity contribution is -0.134. The molecular weight excluding hydrogens is 392 g/mol. The maximum absolute atomic E-state index is 12.8. The predicted octanol–water partition coefficient (Wildman–Crippen LogP) is 2.99. The number of cyclic esters (lactones) is 1. The van der Waals surface area contributed by atoms with Crippen LogP contribution in [-0.4, -0.2) is 39.3 Å². The topological polar surface area (TPSA) is 92.8 Å². The van der Waals surface area contributed by atoms with Gasteiger partial charge in [0, 0.05) is 12.1 Å². The third kappa shape index (κ3) is 3.75. The van der Waals surface area contributed by atoms with E-state index in [1.54, 1.807) is 43.3 Å². The summed E-state index contributed by atoms with van der Waals surface area (Å²) in [5.74, 6) is -0.968. The number of imide groups is 1. The average Bonchev–Trinajstić information content (AvgIpc) is 3.01. The minimum Gasteiger partial charge on any atom is -0.445 e. The van der Waals surface area contributed by atoms with E-state index in [1.165, 1.54) is 4.90 Å². The zero-order chi connectivity index (χ0) is 20.6. The van der Waals surface area contributed by atoms with Crippen molar-refractivity contribution in [2.75, 3.05) is 11.1 Å². The van der Waals surface area contributed by atoms with Gasteiger partial charge in [-0.05, 0) is 36.2 Å². The molecule has 1 N–H and O–H groups in total. The molecule has 2 aromatic carbocycles. The quantitative estimate of drug-likeness (QED) is 0.779. The predicted molar refractivity (Wildman–Crippen MR) is 107 cm³/mol. The first kappa shape index (κ1) is 19.2. The fourth-order valence-corrected chi connectivity index (χ4v) is 4.06. The van der Waals surface area contributed by atoms with Crippen molar-refractivity contribution in [3.63, 3.8) is 0 Å². The Kier molecular flexibility index (Phi) is 4.87. The lowest BCUT2D eigenvalue weighted by Gasteiger charge is -2.33. The van der Waals surface area contributed by atoms with Gasteiger partial charge in [-0.2, -0.15) is 0 Å². The molecule has 0 spiro atoms. The Morgan fingerprint density at radius 1 is 1.14 bits per heavy atom. The number of hydrogen-bond donors (Lipinski definition) is 1. The number of rotatable bonds is 4. The Morgan fingerprint density at radius 3 is 2.55 bits per heavy atom. The summed E-state index contributed by atoms with van der Waals surface area (Å²) in [5, 5.41) is 2.52. The van der Waals surface area contributed by atoms with Crippen molar-refractivity contribution in [3.05, 3.63) is 65.2 Å². The molecule has 0 aliphatic carbocycles. The number of carbonyl (C=O) groups is 4. The molecule has 0 saturated carbocycles. The zero-order valence-electron chi connectivity index (χ0n) is 15.6. The van der Waals surface area contributed by atoms with Crippen LogP contribution in [0.2, 0.25) is 0 Å². The largest absolute Gasteiger partial charge is 0.445 e. The average molecular weight is 410 g/mol. The van der Waals surface area contributed by atoms with E-state index in [0.717, 1.165) is 22.9 Å². The molecule has 2 aromatic rings. The highest BCUT2D eigenvalue weighted by Crippen LogP contribution is 2.29. The summed E-state index contributed by atoms with van der Waals surface area (Å²) >= 11 is 0.994. The molecule has 8 heteroatoms. The van der Waals surface area contributed by atoms with Crippen molar-refractivity contribution in [1.29, 1.82) is 0 Å². The van der Waals surface area contributed by atoms with Gasteiger partial charge in [0.15, 0.2) is 5.60 Å². The molecule has 1 atom stereocenters. The van der Waals surface area contributed by atoms with E-state index < -0.39 is 17.5 Å². The van der Waals surface area contributed by atoms with Crippen LogP contribution >= 0.6 is 11.8 Å². The van der Waals surface area contributed by atoms with Crippen LogP contribution in [0.15, 0.2) is 48.5 Å². The Morgan fingerprint density at radius 2 is 1.86 bits per heavy atom. The Labute approximate surface area is 171 Å². The van der Waals surface area contributed by atoms with Gasteiger partial charge in [-0.1, -0.05) is 42.1 Å². The highest BCUT2D eigenvalue weighted by atomic mass is 32.2. The number of ether oxygens (including phenoxy) is 1. The molecule has 1 saturated heterocycles. The maximum Gasteiger partial charge on any atom is 0.339 e. The molecule has 7 nitrogen and oxygen atoms in total. The fraction of sp³-hybridized carbons (Fsp3) is 0.238. The van der Waals surface area contributed by atoms with E-state index in [9.17, 15) is 19.2 Å². The van der Waals surface area contributed by atoms with Crippen molar-refractivity contribution in [1.82, 2.24) is 4.90 Å². The molecule has 3 amide bonds. The molecule has 1 unspecified atom stereocenters. The lowest BCUT2D eigenvalue weighted by Crippen LogP contribution is -2.48. The number of amides is 3. The summed E-state index contributed by atoms with van der Waals surface area (Å²) in [6.07, 6.45) is 0.287. The molecule has 148 valence electrons. The van der Waals surface area contributed by atoms with Gasteiger partial charge in [0.1, 0.15) is 0 Å². The third-order valence-electron chi connectivity index (χ3n) is 4.96. The minimum absolute atomic E-state index is 0.174. The van der Waals surface area contributed by atoms with Crippen LogP contribution in [0.4, 0.5) is 10.5 Å². The number of esters is 1. The van der Waals surface area contributed by atoms with Gasteiger partial charge >= 0.3 is 5.97 Å². The van der Waals surface area contributed by atoms with Gasteiger partial charge in [0.05, 0.1) is 17.9 Å². The van der Waals surface area contributed by atoms with E-state index >= 15 is 0 Å². The van der Waals surface area contributed by atoms with Gasteiger partial charge in [-0.15, -0.1) is 0 Å². The van der Waals surface area contributed by atoms with Gasteiger partial charge in [-0.25, -0.2) is 4.79 Å². The van der Waals surface area contributed by atoms with Crippen LogP contribution in [0, 0.1) is 0 Å². The standard InChI is InChI=1S/C21H18N2O5S/c1-21(10-14-4-2-3-5-16(14)18(25)28-21)19(26)22-15-8-6-13(7-9-15)11-23-17(24)12-29-20(23)27/h2-9H,10-12H2,1H3,(H,22,26). The molecule has 0 bridgehead atoms. The zero-order valence-corrected chi connectivity index (χ0v) is 16.5. The maximum atomic E-state index is 12.8. The van der Waals surface area contributed by atoms with E-state index in [-0.39, 0.29) is 29.9 Å². The number of fused-ring (bicyclic) bond motifs is 1. The van der Waals surface area contributed by atoms with E-state index in [1.807, 2.05) is 12.1 Å². The second-order valence-electron chi connectivity index (χ2n) is 7.14. The second kappa shape index (κ2) is 7.36. The fourth-order valence-electron chi connectivity index (χ4n) is 3.33. The Bertz CT molecular complexity index is 1000. The van der Waals surface area contributed by atoms with Crippen molar-refractivity contribution < 1.29 is 23.9 Å². The van der Waals surface area contributed by atoms with Crippen LogP contribution in [0.5, 0.6) is 0 Å². The number of hydrogen-bond acceptors (Lipinski definition) is 6. The Balaban J connectivity index is 1.44. The summed E-state index contributed by atoms with van der Waals surface area (Å²) in [5.41, 5.74) is 1.25. The van der Waals surface area contributed by atoms with Gasteiger partial charge < -0.3 is 10.1 Å². The molecule has 0 aromatic heterocycles. The molecule has 2 aliphatic heterocycles. The molecule has 1 fully saturated rings. The SMILES string of the molecule is CC1(C(=O)Nc2ccc(CN3C(=O)CSC3=O)cc2)Cc2ccccc2C(=O)O1. The number of benzene rings is 2. The molecular formula is C21H18N2O5S. The normalized spacial score (nSPS) is 21.0. The number of nitrogens with zero attached hydrogens (tertiary/aromatic N) is 1. The summed E-state index contributed by atoms with van der Waals surface area (Å²) in [6, 6.07) is 13.9. The number of anilines is 1. The molecule has 0 radical (unpaired) electrons. The van der Waals surface area contributed by atoms with Crippen LogP contribution in [0.3, 0.4) is 0 Å². The monoisotopic (exact) mass is 410 g/mol. The van der Waals surface area contributed by atoms with E-state index in [2.05, 4.69) is 5.32 Å². The van der Waals surface area contributed by atoms with Crippen LogP contribution < -0.4 is 5.32 Å². The van der Waals surface area contributed by atoms with Gasteiger partial charge in [0.25, 0.3) is 11.1 Å². The lowest BCUT2D eigenvalue weighted by atomic mass is 9.89. The van der Waals surface area contributed by atoms with Crippen molar-refractivity contribution in [2.45, 2.75) is 25.5 Å². The molecule has 29 heavy (non-hydrogen) atoms. The van der Waals surface area contributed by atoms with Crippen molar-refractivity contribution >= 4 is 40.5 Å². The van der Waals surface area contributed by atoms with Gasteiger partial charge in [-0.3, -0.25) is 19.3 Å². The number of carbonyl (C=O) groups excluding carboxylic acids is 4. The van der Waals surface area contributed by atoms with Crippen LogP contribution in [0.25, 0.3) is 0 Å². The first-order chi connectivity index (χ1) is 13.9. The summed E-state index contributed by atoms with van der Waals surface area (Å²) < 4.78 is 5.44. The highest BCUT2D eigenvalue weighted by Gasteiger charge is 2.42. The van der Waals surface area contributed by atoms with E-state index in [4.69, 9.17) is 4.74 Å². The molecule has 2 heterocycles. The smallest absolute Gasteiger partial charge is 0.339 e. The molecule has 2 aliphatic rings. The number of thioether (sulfide) groups is 1. The Hall–Kier alpha value is -3.13. The molecule has 4 rings (SSSR count). The minimum atomic E-state index is -1.31. The van der Waals surface area contributed by atoms with Crippen molar-refractivity contribution in [3.8, 4) is 0 Å². The summed E-state index contributed by atoms with van der Waals surface area (Å²) in [6.45, 7) is 1.79. The number of nitrogens with one attached hydrogen (secondary N) is 1. The van der Waals surface area contributed by atoms with Gasteiger partial charge in [0.2, 0.25) is 5.91 Å².